The summed E-state index contributed by atoms with van der Waals surface area (Å²) in [6, 6.07) is 20.0. The van der Waals surface area contributed by atoms with E-state index in [1.54, 1.807) is 0 Å². The Bertz CT molecular complexity index is 898. The molecule has 2 fully saturated rings. The van der Waals surface area contributed by atoms with Crippen LogP contribution in [0.25, 0.3) is 0 Å². The van der Waals surface area contributed by atoms with E-state index in [9.17, 15) is 4.79 Å². The lowest BCUT2D eigenvalue weighted by molar-refractivity contribution is -0.161. The maximum atomic E-state index is 12.7. The van der Waals surface area contributed by atoms with Crippen molar-refractivity contribution in [2.75, 3.05) is 31.1 Å². The Balaban J connectivity index is 1.37. The normalized spacial score (nSPS) is 21.9. The first-order valence-corrected chi connectivity index (χ1v) is 10.3. The van der Waals surface area contributed by atoms with Crippen molar-refractivity contribution in [3.63, 3.8) is 0 Å². The number of hydrogen-bond acceptors (Lipinski definition) is 4. The first-order chi connectivity index (χ1) is 14.1. The highest BCUT2D eigenvalue weighted by atomic mass is 16.5. The van der Waals surface area contributed by atoms with E-state index in [0.29, 0.717) is 6.54 Å². The molecule has 0 radical (unpaired) electrons. The summed E-state index contributed by atoms with van der Waals surface area (Å²) in [5.74, 6) is 0.0432. The number of anilines is 1. The Hall–Kier alpha value is -2.68. The number of rotatable bonds is 4. The van der Waals surface area contributed by atoms with Gasteiger partial charge in [-0.25, -0.2) is 0 Å². The summed E-state index contributed by atoms with van der Waals surface area (Å²) in [5, 5.41) is 9.06. The highest BCUT2D eigenvalue weighted by molar-refractivity contribution is 5.97. The van der Waals surface area contributed by atoms with E-state index in [4.69, 9.17) is 10.00 Å². The van der Waals surface area contributed by atoms with Crippen LogP contribution < -0.4 is 4.90 Å². The molecule has 2 aromatic rings. The number of ether oxygens (including phenoxy) is 1. The van der Waals surface area contributed by atoms with Crippen LogP contribution in [0.15, 0.2) is 54.6 Å². The second-order valence-corrected chi connectivity index (χ2v) is 8.11. The van der Waals surface area contributed by atoms with Gasteiger partial charge in [0.05, 0.1) is 23.8 Å². The third kappa shape index (κ3) is 4.34. The minimum Gasteiger partial charge on any atom is -0.360 e. The van der Waals surface area contributed by atoms with Crippen LogP contribution in [-0.4, -0.2) is 48.7 Å². The summed E-state index contributed by atoms with van der Waals surface area (Å²) in [7, 11) is 0. The highest BCUT2D eigenvalue weighted by Gasteiger charge is 2.45. The number of para-hydroxylation sites is 1. The zero-order valence-electron chi connectivity index (χ0n) is 16.9. The smallest absolute Gasteiger partial charge is 0.255 e. The molecule has 0 aliphatic carbocycles. The van der Waals surface area contributed by atoms with Crippen LogP contribution in [-0.2, 0) is 16.0 Å². The van der Waals surface area contributed by atoms with Gasteiger partial charge in [-0.05, 0) is 56.0 Å². The monoisotopic (exact) mass is 389 g/mol. The van der Waals surface area contributed by atoms with E-state index >= 15 is 0 Å². The SMILES string of the molecule is CC1OC2(CCN(CCc3cccc(C#N)c3)CC2)CN(c2ccccc2)C1=O. The fourth-order valence-corrected chi connectivity index (χ4v) is 4.42. The molecule has 29 heavy (non-hydrogen) atoms. The summed E-state index contributed by atoms with van der Waals surface area (Å²) in [6.45, 7) is 5.39. The second kappa shape index (κ2) is 8.36. The topological polar surface area (TPSA) is 56.6 Å². The van der Waals surface area contributed by atoms with Crippen molar-refractivity contribution in [1.82, 2.24) is 4.90 Å². The maximum absolute atomic E-state index is 12.7. The lowest BCUT2D eigenvalue weighted by atomic mass is 9.88. The van der Waals surface area contributed by atoms with Gasteiger partial charge in [-0.3, -0.25) is 4.79 Å². The number of carbonyl (C=O) groups is 1. The van der Waals surface area contributed by atoms with E-state index in [0.717, 1.165) is 50.1 Å². The van der Waals surface area contributed by atoms with E-state index in [-0.39, 0.29) is 11.5 Å². The summed E-state index contributed by atoms with van der Waals surface area (Å²) in [5.41, 5.74) is 2.61. The summed E-state index contributed by atoms with van der Waals surface area (Å²) in [4.78, 5) is 17.1. The summed E-state index contributed by atoms with van der Waals surface area (Å²) in [6.07, 6.45) is 2.37. The number of piperidine rings is 1. The van der Waals surface area contributed by atoms with E-state index < -0.39 is 6.10 Å². The molecule has 5 nitrogen and oxygen atoms in total. The molecular formula is C24H27N3O2. The molecule has 0 saturated carbocycles. The average molecular weight is 389 g/mol. The molecule has 2 saturated heterocycles. The van der Waals surface area contributed by atoms with Gasteiger partial charge in [0.25, 0.3) is 5.91 Å². The minimum absolute atomic E-state index is 0.0432. The van der Waals surface area contributed by atoms with Gasteiger partial charge in [-0.2, -0.15) is 5.26 Å². The van der Waals surface area contributed by atoms with E-state index in [2.05, 4.69) is 17.0 Å². The van der Waals surface area contributed by atoms with Crippen molar-refractivity contribution in [3.8, 4) is 6.07 Å². The van der Waals surface area contributed by atoms with Gasteiger partial charge in [0.15, 0.2) is 0 Å². The second-order valence-electron chi connectivity index (χ2n) is 8.11. The third-order valence-corrected chi connectivity index (χ3v) is 6.09. The quantitative estimate of drug-likeness (QED) is 0.804. The zero-order chi connectivity index (χ0) is 20.3. The molecule has 1 spiro atoms. The number of likely N-dealkylation sites (tertiary alicyclic amines) is 1. The number of hydrogen-bond donors (Lipinski definition) is 0. The van der Waals surface area contributed by atoms with Crippen molar-refractivity contribution in [2.24, 2.45) is 0 Å². The van der Waals surface area contributed by atoms with Gasteiger partial charge in [-0.15, -0.1) is 0 Å². The van der Waals surface area contributed by atoms with Crippen molar-refractivity contribution < 1.29 is 9.53 Å². The Kier molecular flexibility index (Phi) is 5.66. The van der Waals surface area contributed by atoms with Crippen LogP contribution >= 0.6 is 0 Å². The van der Waals surface area contributed by atoms with Crippen LogP contribution in [0.3, 0.4) is 0 Å². The molecule has 0 aromatic heterocycles. The molecule has 1 amide bonds. The lowest BCUT2D eigenvalue weighted by Gasteiger charge is -2.49. The van der Waals surface area contributed by atoms with Gasteiger partial charge in [0.2, 0.25) is 0 Å². The molecule has 4 rings (SSSR count). The first-order valence-electron chi connectivity index (χ1n) is 10.3. The maximum Gasteiger partial charge on any atom is 0.255 e. The minimum atomic E-state index is -0.413. The standard InChI is InChI=1S/C24H27N3O2/c1-19-23(28)27(22-8-3-2-4-9-22)18-24(29-19)11-14-26(15-12-24)13-10-20-6-5-7-21(16-20)17-25/h2-9,16,19H,10-15,18H2,1H3. The number of morpholine rings is 1. The number of benzene rings is 2. The third-order valence-electron chi connectivity index (χ3n) is 6.09. The van der Waals surface area contributed by atoms with Crippen LogP contribution in [0, 0.1) is 11.3 Å². The number of amides is 1. The predicted molar refractivity (Wildman–Crippen MR) is 113 cm³/mol. The van der Waals surface area contributed by atoms with Crippen LogP contribution in [0.2, 0.25) is 0 Å². The first kappa shape index (κ1) is 19.6. The van der Waals surface area contributed by atoms with Gasteiger partial charge >= 0.3 is 0 Å². The average Bonchev–Trinajstić information content (AvgIpc) is 2.77. The number of nitriles is 1. The number of nitrogens with zero attached hydrogens (tertiary/aromatic N) is 3. The zero-order valence-corrected chi connectivity index (χ0v) is 16.9. The molecule has 2 aromatic carbocycles. The van der Waals surface area contributed by atoms with Crippen molar-refractivity contribution in [1.29, 1.82) is 5.26 Å². The number of carbonyl (C=O) groups excluding carboxylic acids is 1. The van der Waals surface area contributed by atoms with Crippen molar-refractivity contribution >= 4 is 11.6 Å². The Morgan fingerprint density at radius 1 is 1.14 bits per heavy atom. The Morgan fingerprint density at radius 2 is 1.90 bits per heavy atom. The van der Waals surface area contributed by atoms with Crippen LogP contribution in [0.4, 0.5) is 5.69 Å². The molecule has 2 aliphatic heterocycles. The predicted octanol–water partition coefficient (Wildman–Crippen LogP) is 3.39. The van der Waals surface area contributed by atoms with Crippen LogP contribution in [0.5, 0.6) is 0 Å². The van der Waals surface area contributed by atoms with Gasteiger partial charge in [0.1, 0.15) is 6.10 Å². The molecule has 0 bridgehead atoms. The molecule has 2 aliphatic rings. The van der Waals surface area contributed by atoms with Gasteiger partial charge in [0, 0.05) is 25.3 Å². The van der Waals surface area contributed by atoms with Crippen molar-refractivity contribution in [2.45, 2.75) is 37.9 Å². The van der Waals surface area contributed by atoms with Gasteiger partial charge < -0.3 is 14.5 Å². The molecular weight excluding hydrogens is 362 g/mol. The summed E-state index contributed by atoms with van der Waals surface area (Å²) < 4.78 is 6.27. The largest absolute Gasteiger partial charge is 0.360 e. The molecule has 2 heterocycles. The highest BCUT2D eigenvalue weighted by Crippen LogP contribution is 2.35. The molecule has 1 unspecified atom stereocenters. The molecule has 0 N–H and O–H groups in total. The molecule has 150 valence electrons. The molecule has 1 atom stereocenters. The van der Waals surface area contributed by atoms with Crippen molar-refractivity contribution in [3.05, 3.63) is 65.7 Å². The fraction of sp³-hybridized carbons (Fsp3) is 0.417. The van der Waals surface area contributed by atoms with E-state index in [1.165, 1.54) is 5.56 Å². The molecule has 5 heteroatoms. The Morgan fingerprint density at radius 3 is 2.62 bits per heavy atom. The Labute approximate surface area is 172 Å². The summed E-state index contributed by atoms with van der Waals surface area (Å²) >= 11 is 0. The van der Waals surface area contributed by atoms with Gasteiger partial charge in [-0.1, -0.05) is 30.3 Å². The van der Waals surface area contributed by atoms with Crippen LogP contribution in [0.1, 0.15) is 30.9 Å². The van der Waals surface area contributed by atoms with E-state index in [1.807, 2.05) is 60.4 Å². The lowest BCUT2D eigenvalue weighted by Crippen LogP contribution is -2.61. The fourth-order valence-electron chi connectivity index (χ4n) is 4.42.